The molecule has 0 saturated carbocycles. The fraction of sp³-hybridized carbons (Fsp3) is 0.321. The molecule has 6 heteroatoms. The molecule has 0 bridgehead atoms. The van der Waals surface area contributed by atoms with Crippen molar-refractivity contribution in [2.75, 3.05) is 5.32 Å². The summed E-state index contributed by atoms with van der Waals surface area (Å²) >= 11 is 0. The smallest absolute Gasteiger partial charge is 0.303 e. The van der Waals surface area contributed by atoms with Crippen molar-refractivity contribution in [2.45, 2.75) is 59.4 Å². The van der Waals surface area contributed by atoms with E-state index in [4.69, 9.17) is 15.1 Å². The lowest BCUT2D eigenvalue weighted by Gasteiger charge is -2.13. The molecule has 0 saturated heterocycles. The van der Waals surface area contributed by atoms with Crippen LogP contribution in [-0.2, 0) is 37.0 Å². The number of imidazole rings is 1. The second-order valence-electron chi connectivity index (χ2n) is 9.22. The fourth-order valence-electron chi connectivity index (χ4n) is 4.94. The van der Waals surface area contributed by atoms with Gasteiger partial charge in [0.15, 0.2) is 5.65 Å². The summed E-state index contributed by atoms with van der Waals surface area (Å²) in [5, 5.41) is 12.6. The summed E-state index contributed by atoms with van der Waals surface area (Å²) in [6.45, 7) is 7.03. The van der Waals surface area contributed by atoms with Gasteiger partial charge in [0.1, 0.15) is 11.3 Å². The third-order valence-electron chi connectivity index (χ3n) is 6.66. The van der Waals surface area contributed by atoms with Crippen molar-refractivity contribution in [1.29, 1.82) is 0 Å². The van der Waals surface area contributed by atoms with Crippen LogP contribution < -0.4 is 5.32 Å². The van der Waals surface area contributed by atoms with E-state index in [2.05, 4.69) is 60.1 Å². The van der Waals surface area contributed by atoms with Gasteiger partial charge in [0, 0.05) is 29.9 Å². The molecule has 2 aromatic carbocycles. The van der Waals surface area contributed by atoms with Gasteiger partial charge in [-0.15, -0.1) is 0 Å². The number of nitrogens with one attached hydrogen (secondary N) is 1. The van der Waals surface area contributed by atoms with Gasteiger partial charge in [-0.05, 0) is 79.1 Å². The molecule has 1 aliphatic heterocycles. The van der Waals surface area contributed by atoms with Crippen molar-refractivity contribution in [1.82, 2.24) is 14.5 Å². The third kappa shape index (κ3) is 4.28. The topological polar surface area (TPSA) is 80.0 Å². The normalized spacial score (nSPS) is 12.7. The Morgan fingerprint density at radius 1 is 1.00 bits per heavy atom. The monoisotopic (exact) mass is 454 g/mol. The van der Waals surface area contributed by atoms with Crippen molar-refractivity contribution < 1.29 is 9.90 Å². The van der Waals surface area contributed by atoms with Crippen LogP contribution in [0.3, 0.4) is 0 Å². The number of fused-ring (bicyclic) bond motifs is 3. The van der Waals surface area contributed by atoms with Crippen LogP contribution in [0.25, 0.3) is 11.2 Å². The standard InChI is InChI=1S/C28H30N4O2/c1-4-25-31-27-17(2)13-18(3)29-28(27)32(25)16-20-6-11-24-22(15-20)9-8-21-14-19(7-12-26(33)34)5-10-23(21)30-24/h5-6,10-11,13-15,30H,4,7-9,12,16H2,1-3H3,(H,33,34). The summed E-state index contributed by atoms with van der Waals surface area (Å²) in [7, 11) is 0. The maximum absolute atomic E-state index is 10.9. The predicted molar refractivity (Wildman–Crippen MR) is 135 cm³/mol. The number of aryl methyl sites for hydroxylation is 6. The molecule has 2 N–H and O–H groups in total. The van der Waals surface area contributed by atoms with Crippen LogP contribution >= 0.6 is 0 Å². The lowest BCUT2D eigenvalue weighted by atomic mass is 10.00. The Kier molecular flexibility index (Phi) is 5.82. The molecule has 5 rings (SSSR count). The number of anilines is 2. The maximum atomic E-state index is 10.9. The van der Waals surface area contributed by atoms with E-state index in [9.17, 15) is 4.79 Å². The Labute approximate surface area is 199 Å². The van der Waals surface area contributed by atoms with E-state index in [-0.39, 0.29) is 6.42 Å². The van der Waals surface area contributed by atoms with Crippen molar-refractivity contribution in [2.24, 2.45) is 0 Å². The highest BCUT2D eigenvalue weighted by atomic mass is 16.4. The van der Waals surface area contributed by atoms with Crippen molar-refractivity contribution >= 4 is 28.5 Å². The first-order valence-corrected chi connectivity index (χ1v) is 12.0. The van der Waals surface area contributed by atoms with Gasteiger partial charge in [0.25, 0.3) is 0 Å². The number of hydrogen-bond acceptors (Lipinski definition) is 4. The van der Waals surface area contributed by atoms with E-state index in [1.54, 1.807) is 0 Å². The van der Waals surface area contributed by atoms with Crippen LogP contribution in [-0.4, -0.2) is 25.6 Å². The van der Waals surface area contributed by atoms with Crippen LogP contribution in [0.5, 0.6) is 0 Å². The molecule has 0 spiro atoms. The molecule has 0 aliphatic carbocycles. The molecule has 6 nitrogen and oxygen atoms in total. The van der Waals surface area contributed by atoms with E-state index in [1.807, 2.05) is 13.0 Å². The van der Waals surface area contributed by atoms with Crippen LogP contribution in [0.15, 0.2) is 42.5 Å². The zero-order valence-electron chi connectivity index (χ0n) is 20.0. The molecule has 0 fully saturated rings. The molecule has 0 amide bonds. The molecular formula is C28H30N4O2. The molecule has 1 aliphatic rings. The zero-order chi connectivity index (χ0) is 23.8. The average molecular weight is 455 g/mol. The van der Waals surface area contributed by atoms with E-state index in [1.165, 1.54) is 22.3 Å². The van der Waals surface area contributed by atoms with Gasteiger partial charge < -0.3 is 15.0 Å². The Morgan fingerprint density at radius 2 is 1.68 bits per heavy atom. The van der Waals surface area contributed by atoms with Crippen molar-refractivity contribution in [3.05, 3.63) is 81.8 Å². The summed E-state index contributed by atoms with van der Waals surface area (Å²) in [4.78, 5) is 20.6. The van der Waals surface area contributed by atoms with Gasteiger partial charge in [-0.1, -0.05) is 31.2 Å². The molecule has 174 valence electrons. The number of carbonyl (C=O) groups is 1. The number of pyridine rings is 1. The first-order valence-electron chi connectivity index (χ1n) is 12.0. The number of rotatable bonds is 6. The minimum Gasteiger partial charge on any atom is -0.481 e. The van der Waals surface area contributed by atoms with Gasteiger partial charge in [-0.25, -0.2) is 9.97 Å². The second-order valence-corrected chi connectivity index (χ2v) is 9.22. The first-order chi connectivity index (χ1) is 16.4. The Bertz CT molecular complexity index is 1400. The first kappa shape index (κ1) is 22.1. The summed E-state index contributed by atoms with van der Waals surface area (Å²) in [5.74, 6) is 0.302. The van der Waals surface area contributed by atoms with Gasteiger partial charge in [-0.3, -0.25) is 4.79 Å². The largest absolute Gasteiger partial charge is 0.481 e. The van der Waals surface area contributed by atoms with E-state index >= 15 is 0 Å². The molecule has 0 radical (unpaired) electrons. The van der Waals surface area contributed by atoms with Crippen LogP contribution in [0.2, 0.25) is 0 Å². The molecule has 3 heterocycles. The highest BCUT2D eigenvalue weighted by molar-refractivity contribution is 5.76. The van der Waals surface area contributed by atoms with Crippen LogP contribution in [0, 0.1) is 13.8 Å². The summed E-state index contributed by atoms with van der Waals surface area (Å²) < 4.78 is 2.25. The Balaban J connectivity index is 1.42. The number of aromatic nitrogens is 3. The number of benzene rings is 2. The predicted octanol–water partition coefficient (Wildman–Crippen LogP) is 5.52. The summed E-state index contributed by atoms with van der Waals surface area (Å²) in [6, 6.07) is 15.0. The van der Waals surface area contributed by atoms with Crippen molar-refractivity contribution in [3.8, 4) is 0 Å². The maximum Gasteiger partial charge on any atom is 0.303 e. The number of hydrogen-bond donors (Lipinski definition) is 2. The van der Waals surface area contributed by atoms with E-state index in [0.29, 0.717) is 6.42 Å². The molecule has 4 aromatic rings. The summed E-state index contributed by atoms with van der Waals surface area (Å²) in [5.41, 5.74) is 11.2. The van der Waals surface area contributed by atoms with Gasteiger partial charge in [0.2, 0.25) is 0 Å². The molecule has 0 unspecified atom stereocenters. The highest BCUT2D eigenvalue weighted by Crippen LogP contribution is 2.32. The molecule has 2 aromatic heterocycles. The lowest BCUT2D eigenvalue weighted by molar-refractivity contribution is -0.136. The summed E-state index contributed by atoms with van der Waals surface area (Å²) in [6.07, 6.45) is 3.44. The van der Waals surface area contributed by atoms with Crippen molar-refractivity contribution in [3.63, 3.8) is 0 Å². The van der Waals surface area contributed by atoms with Gasteiger partial charge >= 0.3 is 5.97 Å². The minimum absolute atomic E-state index is 0.159. The number of carboxylic acids is 1. The second kappa shape index (κ2) is 8.93. The zero-order valence-corrected chi connectivity index (χ0v) is 20.0. The van der Waals surface area contributed by atoms with Gasteiger partial charge in [-0.2, -0.15) is 0 Å². The van der Waals surface area contributed by atoms with E-state index in [0.717, 1.165) is 65.4 Å². The van der Waals surface area contributed by atoms with E-state index < -0.39 is 5.97 Å². The number of aliphatic carboxylic acids is 1. The Morgan fingerprint density at radius 3 is 2.35 bits per heavy atom. The molecule has 34 heavy (non-hydrogen) atoms. The number of carboxylic acid groups (broad SMARTS) is 1. The highest BCUT2D eigenvalue weighted by Gasteiger charge is 2.17. The average Bonchev–Trinajstić information content (AvgIpc) is 3.05. The minimum atomic E-state index is -0.759. The quantitative estimate of drug-likeness (QED) is 0.401. The third-order valence-corrected chi connectivity index (χ3v) is 6.66. The van der Waals surface area contributed by atoms with Crippen LogP contribution in [0.1, 0.15) is 52.7 Å². The fourth-order valence-corrected chi connectivity index (χ4v) is 4.94. The Hall–Kier alpha value is -3.67. The SMILES string of the molecule is CCc1nc2c(C)cc(C)nc2n1Cc1ccc2c(c1)CCc1cc(CCC(=O)O)ccc1N2. The molecular weight excluding hydrogens is 424 g/mol. The van der Waals surface area contributed by atoms with Crippen LogP contribution in [0.4, 0.5) is 11.4 Å². The molecule has 0 atom stereocenters. The number of nitrogens with zero attached hydrogens (tertiary/aromatic N) is 3. The van der Waals surface area contributed by atoms with Gasteiger partial charge in [0.05, 0.1) is 6.54 Å². The lowest BCUT2D eigenvalue weighted by Crippen LogP contribution is -2.06.